The number of hydrogen-bond donors (Lipinski definition) is 3. The Bertz CT molecular complexity index is 1760. The van der Waals surface area contributed by atoms with Crippen molar-refractivity contribution >= 4 is 38.2 Å². The summed E-state index contributed by atoms with van der Waals surface area (Å²) in [6.07, 6.45) is 4.29. The molecule has 2 heterocycles. The SMILES string of the molecule is CCOc1cc([C@H](Nc2ccc3c(N)nccc3c2)C(=O)NCc2ccccc2S(=O)(=O)N2CCCCC2)ccc1OC(C)C. The molecule has 0 unspecified atom stereocenters. The fourth-order valence-electron chi connectivity index (χ4n) is 5.51. The molecular weight excluding hydrogens is 590 g/mol. The van der Waals surface area contributed by atoms with Gasteiger partial charge in [-0.15, -0.1) is 0 Å². The average Bonchev–Trinajstić information content (AvgIpc) is 3.04. The molecule has 0 radical (unpaired) electrons. The van der Waals surface area contributed by atoms with Gasteiger partial charge >= 0.3 is 0 Å². The van der Waals surface area contributed by atoms with Crippen LogP contribution in [-0.4, -0.2) is 49.4 Å². The van der Waals surface area contributed by atoms with Gasteiger partial charge in [-0.3, -0.25) is 4.79 Å². The molecule has 1 saturated heterocycles. The minimum Gasteiger partial charge on any atom is -0.490 e. The number of nitrogens with two attached hydrogens (primary N) is 1. The Labute approximate surface area is 265 Å². The van der Waals surface area contributed by atoms with Gasteiger partial charge in [-0.05, 0) is 92.6 Å². The smallest absolute Gasteiger partial charge is 0.247 e. The van der Waals surface area contributed by atoms with Crippen LogP contribution in [0.15, 0.2) is 77.8 Å². The number of aromatic nitrogens is 1. The Morgan fingerprint density at radius 3 is 2.53 bits per heavy atom. The van der Waals surface area contributed by atoms with Crippen LogP contribution >= 0.6 is 0 Å². The number of carbonyl (C=O) groups excluding carboxylic acids is 1. The average molecular weight is 632 g/mol. The molecule has 10 nitrogen and oxygen atoms in total. The van der Waals surface area contributed by atoms with Crippen LogP contribution < -0.4 is 25.8 Å². The number of amides is 1. The lowest BCUT2D eigenvalue weighted by Gasteiger charge is -2.27. The van der Waals surface area contributed by atoms with E-state index in [1.807, 2.05) is 51.1 Å². The topological polar surface area (TPSA) is 136 Å². The summed E-state index contributed by atoms with van der Waals surface area (Å²) in [7, 11) is -3.69. The molecule has 1 atom stereocenters. The first-order valence-electron chi connectivity index (χ1n) is 15.4. The highest BCUT2D eigenvalue weighted by molar-refractivity contribution is 7.89. The van der Waals surface area contributed by atoms with Crippen molar-refractivity contribution in [3.8, 4) is 11.5 Å². The highest BCUT2D eigenvalue weighted by Gasteiger charge is 2.29. The summed E-state index contributed by atoms with van der Waals surface area (Å²) in [5, 5.41) is 8.05. The highest BCUT2D eigenvalue weighted by atomic mass is 32.2. The van der Waals surface area contributed by atoms with Crippen LogP contribution in [0.25, 0.3) is 10.8 Å². The van der Waals surface area contributed by atoms with Crippen LogP contribution in [0.4, 0.5) is 11.5 Å². The molecule has 0 bridgehead atoms. The zero-order valence-electron chi connectivity index (χ0n) is 26.0. The molecule has 1 aromatic heterocycles. The van der Waals surface area contributed by atoms with Crippen molar-refractivity contribution in [2.45, 2.75) is 63.6 Å². The molecule has 238 valence electrons. The summed E-state index contributed by atoms with van der Waals surface area (Å²) < 4.78 is 40.5. The molecule has 0 saturated carbocycles. The first-order chi connectivity index (χ1) is 21.7. The Kier molecular flexibility index (Phi) is 10.1. The zero-order valence-corrected chi connectivity index (χ0v) is 26.8. The van der Waals surface area contributed by atoms with Gasteiger partial charge in [0.2, 0.25) is 15.9 Å². The lowest BCUT2D eigenvalue weighted by atomic mass is 10.0. The standard InChI is InChI=1S/C34H41N5O5S/c1-4-43-30-21-25(12-15-29(30)44-23(2)3)32(38-27-13-14-28-24(20-27)16-17-36-33(28)35)34(40)37-22-26-10-6-7-11-31(26)45(41,42)39-18-8-5-9-19-39/h6-7,10-17,20-21,23,32,38H,4-5,8-9,18-19,22H2,1-3H3,(H2,35,36)(H,37,40)/t32-/m0/s1. The number of nitrogens with zero attached hydrogens (tertiary/aromatic N) is 2. The van der Waals surface area contributed by atoms with Crippen LogP contribution in [0, 0.1) is 0 Å². The van der Waals surface area contributed by atoms with E-state index in [1.54, 1.807) is 46.9 Å². The first kappa shape index (κ1) is 32.1. The van der Waals surface area contributed by atoms with E-state index in [0.717, 1.165) is 30.0 Å². The maximum absolute atomic E-state index is 14.0. The molecule has 5 rings (SSSR count). The van der Waals surface area contributed by atoms with E-state index in [0.29, 0.717) is 53.8 Å². The quantitative estimate of drug-likeness (QED) is 0.183. The fraction of sp³-hybridized carbons (Fsp3) is 0.353. The van der Waals surface area contributed by atoms with Gasteiger partial charge in [0.05, 0.1) is 17.6 Å². The number of sulfonamides is 1. The number of nitrogens with one attached hydrogen (secondary N) is 2. The normalized spacial score (nSPS) is 14.7. The summed E-state index contributed by atoms with van der Waals surface area (Å²) in [6, 6.07) is 18.9. The maximum Gasteiger partial charge on any atom is 0.247 e. The zero-order chi connectivity index (χ0) is 32.0. The number of piperidine rings is 1. The molecule has 3 aromatic carbocycles. The summed E-state index contributed by atoms with van der Waals surface area (Å²) >= 11 is 0. The van der Waals surface area contributed by atoms with Crippen molar-refractivity contribution in [2.24, 2.45) is 0 Å². The third kappa shape index (κ3) is 7.49. The second-order valence-corrected chi connectivity index (χ2v) is 13.2. The number of carbonyl (C=O) groups is 1. The molecule has 0 spiro atoms. The lowest BCUT2D eigenvalue weighted by Crippen LogP contribution is -2.37. The van der Waals surface area contributed by atoms with Crippen LogP contribution in [-0.2, 0) is 21.4 Å². The molecular formula is C34H41N5O5S. The van der Waals surface area contributed by atoms with Gasteiger partial charge in [-0.1, -0.05) is 30.7 Å². The van der Waals surface area contributed by atoms with Crippen molar-refractivity contribution in [1.29, 1.82) is 0 Å². The Hall–Kier alpha value is -4.35. The van der Waals surface area contributed by atoms with Crippen molar-refractivity contribution in [2.75, 3.05) is 30.7 Å². The number of ether oxygens (including phenoxy) is 2. The van der Waals surface area contributed by atoms with Crippen molar-refractivity contribution in [1.82, 2.24) is 14.6 Å². The molecule has 45 heavy (non-hydrogen) atoms. The van der Waals surface area contributed by atoms with Crippen LogP contribution in [0.3, 0.4) is 0 Å². The summed E-state index contributed by atoms with van der Waals surface area (Å²) in [5.74, 6) is 1.20. The fourth-order valence-corrected chi connectivity index (χ4v) is 7.25. The molecule has 1 amide bonds. The number of anilines is 2. The minimum absolute atomic E-state index is 0.0348. The molecule has 1 aliphatic rings. The number of benzene rings is 3. The number of rotatable bonds is 12. The molecule has 11 heteroatoms. The van der Waals surface area contributed by atoms with Gasteiger partial charge < -0.3 is 25.8 Å². The van der Waals surface area contributed by atoms with Gasteiger partial charge in [-0.2, -0.15) is 4.31 Å². The van der Waals surface area contributed by atoms with E-state index >= 15 is 0 Å². The third-order valence-corrected chi connectivity index (χ3v) is 9.69. The van der Waals surface area contributed by atoms with E-state index in [9.17, 15) is 13.2 Å². The second-order valence-electron chi connectivity index (χ2n) is 11.3. The number of nitrogen functional groups attached to an aromatic ring is 1. The lowest BCUT2D eigenvalue weighted by molar-refractivity contribution is -0.122. The van der Waals surface area contributed by atoms with Crippen molar-refractivity contribution in [3.63, 3.8) is 0 Å². The van der Waals surface area contributed by atoms with E-state index < -0.39 is 16.1 Å². The van der Waals surface area contributed by atoms with Crippen molar-refractivity contribution in [3.05, 3.63) is 84.1 Å². The molecule has 4 N–H and O–H groups in total. The summed E-state index contributed by atoms with van der Waals surface area (Å²) in [5.41, 5.74) is 7.93. The summed E-state index contributed by atoms with van der Waals surface area (Å²) in [6.45, 7) is 7.22. The van der Waals surface area contributed by atoms with Crippen LogP contribution in [0.5, 0.6) is 11.5 Å². The van der Waals surface area contributed by atoms with E-state index in [2.05, 4.69) is 15.6 Å². The Morgan fingerprint density at radius 1 is 1.00 bits per heavy atom. The van der Waals surface area contributed by atoms with Crippen LogP contribution in [0.2, 0.25) is 0 Å². The van der Waals surface area contributed by atoms with Crippen LogP contribution in [0.1, 0.15) is 57.2 Å². The van der Waals surface area contributed by atoms with E-state index in [4.69, 9.17) is 15.2 Å². The third-order valence-electron chi connectivity index (χ3n) is 7.69. The Balaban J connectivity index is 1.46. The van der Waals surface area contributed by atoms with Gasteiger partial charge in [-0.25, -0.2) is 13.4 Å². The van der Waals surface area contributed by atoms with Gasteiger partial charge in [0, 0.05) is 36.9 Å². The van der Waals surface area contributed by atoms with E-state index in [-0.39, 0.29) is 23.5 Å². The monoisotopic (exact) mass is 631 g/mol. The molecule has 1 aliphatic heterocycles. The largest absolute Gasteiger partial charge is 0.490 e. The predicted molar refractivity (Wildman–Crippen MR) is 177 cm³/mol. The number of fused-ring (bicyclic) bond motifs is 1. The number of pyridine rings is 1. The molecule has 4 aromatic rings. The molecule has 0 aliphatic carbocycles. The van der Waals surface area contributed by atoms with Gasteiger partial charge in [0.25, 0.3) is 0 Å². The summed E-state index contributed by atoms with van der Waals surface area (Å²) in [4.78, 5) is 18.4. The Morgan fingerprint density at radius 2 is 1.78 bits per heavy atom. The minimum atomic E-state index is -3.69. The van der Waals surface area contributed by atoms with Gasteiger partial charge in [0.1, 0.15) is 11.9 Å². The van der Waals surface area contributed by atoms with E-state index in [1.165, 1.54) is 0 Å². The second kappa shape index (κ2) is 14.2. The maximum atomic E-state index is 14.0. The first-order valence-corrected chi connectivity index (χ1v) is 16.8. The highest BCUT2D eigenvalue weighted by Crippen LogP contribution is 2.34. The van der Waals surface area contributed by atoms with Gasteiger partial charge in [0.15, 0.2) is 11.5 Å². The van der Waals surface area contributed by atoms with Crippen molar-refractivity contribution < 1.29 is 22.7 Å². The molecule has 1 fully saturated rings. The predicted octanol–water partition coefficient (Wildman–Crippen LogP) is 5.65. The number of hydrogen-bond acceptors (Lipinski definition) is 8.